The Morgan fingerprint density at radius 3 is 2.63 bits per heavy atom. The fourth-order valence-electron chi connectivity index (χ4n) is 1.79. The maximum atomic E-state index is 13.8. The molecule has 2 nitrogen and oxygen atoms in total. The summed E-state index contributed by atoms with van der Waals surface area (Å²) in [4.78, 5) is 14.5. The molecule has 0 saturated heterocycles. The van der Waals surface area contributed by atoms with Crippen molar-refractivity contribution in [2.75, 3.05) is 11.4 Å². The molecule has 0 saturated carbocycles. The van der Waals surface area contributed by atoms with Crippen molar-refractivity contribution in [1.29, 1.82) is 0 Å². The van der Waals surface area contributed by atoms with Crippen LogP contribution in [0.15, 0.2) is 34.1 Å². The Morgan fingerprint density at radius 2 is 2.11 bits per heavy atom. The predicted molar refractivity (Wildman–Crippen MR) is 80.5 cm³/mol. The van der Waals surface area contributed by atoms with Gasteiger partial charge in [0.25, 0.3) is 5.91 Å². The summed E-state index contributed by atoms with van der Waals surface area (Å²) in [5, 5.41) is 0. The first-order valence-corrected chi connectivity index (χ1v) is 7.48. The van der Waals surface area contributed by atoms with E-state index in [1.807, 2.05) is 19.9 Å². The molecule has 5 heteroatoms. The molecule has 0 aliphatic rings. The third-order valence-corrected chi connectivity index (χ3v) is 4.90. The third-order valence-electron chi connectivity index (χ3n) is 2.77. The molecule has 0 fully saturated rings. The van der Waals surface area contributed by atoms with Crippen molar-refractivity contribution >= 4 is 38.9 Å². The second kappa shape index (κ2) is 5.84. The number of thiophene rings is 1. The van der Waals surface area contributed by atoms with Crippen LogP contribution in [0.3, 0.4) is 0 Å². The number of carbonyl (C=O) groups excluding carboxylic acids is 1. The third kappa shape index (κ3) is 2.87. The summed E-state index contributed by atoms with van der Waals surface area (Å²) in [6.45, 7) is 4.19. The monoisotopic (exact) mass is 341 g/mol. The van der Waals surface area contributed by atoms with Crippen LogP contribution in [0.25, 0.3) is 0 Å². The van der Waals surface area contributed by atoms with E-state index in [2.05, 4.69) is 15.9 Å². The minimum absolute atomic E-state index is 0.175. The van der Waals surface area contributed by atoms with Gasteiger partial charge in [-0.15, -0.1) is 11.3 Å². The van der Waals surface area contributed by atoms with Crippen LogP contribution in [-0.2, 0) is 0 Å². The van der Waals surface area contributed by atoms with Gasteiger partial charge in [0.1, 0.15) is 5.82 Å². The lowest BCUT2D eigenvalue weighted by molar-refractivity contribution is 0.0991. The van der Waals surface area contributed by atoms with Crippen LogP contribution in [0.4, 0.5) is 10.1 Å². The van der Waals surface area contributed by atoms with E-state index >= 15 is 0 Å². The number of benzene rings is 1. The van der Waals surface area contributed by atoms with E-state index in [9.17, 15) is 9.18 Å². The molecule has 0 unspecified atom stereocenters. The minimum Gasteiger partial charge on any atom is -0.305 e. The van der Waals surface area contributed by atoms with E-state index in [1.165, 1.54) is 22.3 Å². The summed E-state index contributed by atoms with van der Waals surface area (Å²) in [6, 6.07) is 8.14. The molecule has 1 heterocycles. The Kier molecular flexibility index (Phi) is 4.37. The number of anilines is 1. The minimum atomic E-state index is -0.384. The number of hydrogen-bond acceptors (Lipinski definition) is 2. The smallest absolute Gasteiger partial charge is 0.268 e. The van der Waals surface area contributed by atoms with Gasteiger partial charge < -0.3 is 4.90 Å². The Labute approximate surface area is 124 Å². The zero-order valence-electron chi connectivity index (χ0n) is 10.6. The SMILES string of the molecule is CCN(C(=O)c1cc(C)c(Br)s1)c1ccccc1F. The van der Waals surface area contributed by atoms with Gasteiger partial charge in [0.2, 0.25) is 0 Å². The van der Waals surface area contributed by atoms with Gasteiger partial charge in [0.15, 0.2) is 0 Å². The standard InChI is InChI=1S/C14H13BrFNOS/c1-3-17(11-7-5-4-6-10(11)16)14(18)12-8-9(2)13(15)19-12/h4-8H,3H2,1-2H3. The normalized spacial score (nSPS) is 10.5. The Bertz CT molecular complexity index is 592. The number of hydrogen-bond donors (Lipinski definition) is 0. The van der Waals surface area contributed by atoms with Gasteiger partial charge in [0.05, 0.1) is 14.4 Å². The van der Waals surface area contributed by atoms with Gasteiger partial charge in [-0.05, 0) is 53.5 Å². The summed E-state index contributed by atoms with van der Waals surface area (Å²) in [5.74, 6) is -0.559. The average Bonchev–Trinajstić information content (AvgIpc) is 2.73. The van der Waals surface area contributed by atoms with Gasteiger partial charge in [-0.1, -0.05) is 12.1 Å². The van der Waals surface area contributed by atoms with Crippen molar-refractivity contribution in [3.8, 4) is 0 Å². The lowest BCUT2D eigenvalue weighted by Gasteiger charge is -2.20. The number of carbonyl (C=O) groups is 1. The first-order chi connectivity index (χ1) is 9.04. The number of nitrogens with zero attached hydrogens (tertiary/aromatic N) is 1. The van der Waals surface area contributed by atoms with Gasteiger partial charge in [0, 0.05) is 6.54 Å². The van der Waals surface area contributed by atoms with E-state index in [0.29, 0.717) is 17.1 Å². The van der Waals surface area contributed by atoms with Crippen LogP contribution in [0.2, 0.25) is 0 Å². The van der Waals surface area contributed by atoms with E-state index in [0.717, 1.165) is 9.35 Å². The van der Waals surface area contributed by atoms with Crippen molar-refractivity contribution < 1.29 is 9.18 Å². The van der Waals surface area contributed by atoms with Crippen LogP contribution in [0.1, 0.15) is 22.2 Å². The van der Waals surface area contributed by atoms with Crippen LogP contribution in [0, 0.1) is 12.7 Å². The van der Waals surface area contributed by atoms with Crippen molar-refractivity contribution in [2.45, 2.75) is 13.8 Å². The highest BCUT2D eigenvalue weighted by atomic mass is 79.9. The first-order valence-electron chi connectivity index (χ1n) is 5.87. The fraction of sp³-hybridized carbons (Fsp3) is 0.214. The molecule has 2 rings (SSSR count). The lowest BCUT2D eigenvalue weighted by atomic mass is 10.2. The van der Waals surface area contributed by atoms with E-state index in [-0.39, 0.29) is 11.7 Å². The summed E-state index contributed by atoms with van der Waals surface area (Å²) in [6.07, 6.45) is 0. The molecular formula is C14H13BrFNOS. The number of halogens is 2. The first kappa shape index (κ1) is 14.2. The number of rotatable bonds is 3. The molecule has 0 radical (unpaired) electrons. The molecule has 0 aliphatic heterocycles. The molecule has 0 N–H and O–H groups in total. The van der Waals surface area contributed by atoms with E-state index in [1.54, 1.807) is 18.2 Å². The zero-order chi connectivity index (χ0) is 14.0. The van der Waals surface area contributed by atoms with E-state index < -0.39 is 0 Å². The van der Waals surface area contributed by atoms with Gasteiger partial charge in [-0.2, -0.15) is 0 Å². The average molecular weight is 342 g/mol. The maximum absolute atomic E-state index is 13.8. The largest absolute Gasteiger partial charge is 0.305 e. The summed E-state index contributed by atoms with van der Waals surface area (Å²) in [5.41, 5.74) is 1.33. The highest BCUT2D eigenvalue weighted by molar-refractivity contribution is 9.11. The second-order valence-corrected chi connectivity index (χ2v) is 6.44. The van der Waals surface area contributed by atoms with Gasteiger partial charge in [-0.25, -0.2) is 4.39 Å². The molecule has 100 valence electrons. The molecule has 1 aromatic carbocycles. The molecule has 2 aromatic rings. The summed E-state index contributed by atoms with van der Waals surface area (Å²) < 4.78 is 14.7. The molecular weight excluding hydrogens is 329 g/mol. The van der Waals surface area contributed by atoms with Crippen molar-refractivity contribution in [1.82, 2.24) is 0 Å². The summed E-state index contributed by atoms with van der Waals surface area (Å²) in [7, 11) is 0. The molecule has 0 spiro atoms. The number of para-hydroxylation sites is 1. The highest BCUT2D eigenvalue weighted by Crippen LogP contribution is 2.30. The Hall–Kier alpha value is -1.20. The fourth-order valence-corrected chi connectivity index (χ4v) is 3.28. The second-order valence-electron chi connectivity index (χ2n) is 4.07. The Morgan fingerprint density at radius 1 is 1.42 bits per heavy atom. The zero-order valence-corrected chi connectivity index (χ0v) is 13.0. The van der Waals surface area contributed by atoms with Gasteiger partial charge in [-0.3, -0.25) is 4.79 Å². The van der Waals surface area contributed by atoms with Crippen molar-refractivity contribution in [3.63, 3.8) is 0 Å². The Balaban J connectivity index is 2.37. The summed E-state index contributed by atoms with van der Waals surface area (Å²) >= 11 is 4.77. The van der Waals surface area contributed by atoms with Gasteiger partial charge >= 0.3 is 0 Å². The van der Waals surface area contributed by atoms with Crippen LogP contribution < -0.4 is 4.90 Å². The van der Waals surface area contributed by atoms with Crippen LogP contribution in [0.5, 0.6) is 0 Å². The molecule has 19 heavy (non-hydrogen) atoms. The van der Waals surface area contributed by atoms with Crippen molar-refractivity contribution in [2.24, 2.45) is 0 Å². The predicted octanol–water partition coefficient (Wildman–Crippen LogP) is 4.62. The number of aryl methyl sites for hydroxylation is 1. The van der Waals surface area contributed by atoms with Crippen LogP contribution >= 0.6 is 27.3 Å². The topological polar surface area (TPSA) is 20.3 Å². The molecule has 1 aromatic heterocycles. The van der Waals surface area contributed by atoms with Crippen LogP contribution in [-0.4, -0.2) is 12.5 Å². The van der Waals surface area contributed by atoms with E-state index in [4.69, 9.17) is 0 Å². The molecule has 0 bridgehead atoms. The lowest BCUT2D eigenvalue weighted by Crippen LogP contribution is -2.30. The number of amides is 1. The molecule has 0 aliphatic carbocycles. The maximum Gasteiger partial charge on any atom is 0.268 e. The highest BCUT2D eigenvalue weighted by Gasteiger charge is 2.21. The molecule has 0 atom stereocenters. The van der Waals surface area contributed by atoms with Crippen molar-refractivity contribution in [3.05, 3.63) is 50.4 Å². The quantitative estimate of drug-likeness (QED) is 0.797. The molecule has 1 amide bonds.